The second-order valence-electron chi connectivity index (χ2n) is 5.91. The van der Waals surface area contributed by atoms with E-state index in [9.17, 15) is 0 Å². The van der Waals surface area contributed by atoms with E-state index in [0.717, 1.165) is 21.8 Å². The van der Waals surface area contributed by atoms with E-state index in [1.165, 1.54) is 4.88 Å². The molecule has 1 saturated heterocycles. The molecule has 0 aliphatic carbocycles. The molecule has 0 amide bonds. The number of aryl methyl sites for hydroxylation is 1. The van der Waals surface area contributed by atoms with Crippen molar-refractivity contribution in [3.05, 3.63) is 41.8 Å². The zero-order valence-corrected chi connectivity index (χ0v) is 15.2. The van der Waals surface area contributed by atoms with Gasteiger partial charge in [0.25, 0.3) is 0 Å². The summed E-state index contributed by atoms with van der Waals surface area (Å²) in [4.78, 5) is 20.1. The Morgan fingerprint density at radius 2 is 2.15 bits per heavy atom. The number of hydrogen-bond acceptors (Lipinski definition) is 8. The molecule has 8 heteroatoms. The van der Waals surface area contributed by atoms with Crippen molar-refractivity contribution in [1.82, 2.24) is 19.9 Å². The maximum absolute atomic E-state index is 5.65. The predicted molar refractivity (Wildman–Crippen MR) is 100 cm³/mol. The molecule has 1 fully saturated rings. The molecule has 0 spiro atoms. The van der Waals surface area contributed by atoms with Crippen molar-refractivity contribution in [1.29, 1.82) is 0 Å². The Labute approximate surface area is 155 Å². The number of anilines is 1. The Balaban J connectivity index is 1.63. The summed E-state index contributed by atoms with van der Waals surface area (Å²) < 4.78 is 11.1. The van der Waals surface area contributed by atoms with Crippen LogP contribution in [0.1, 0.15) is 4.88 Å². The molecule has 0 bridgehead atoms. The maximum atomic E-state index is 5.65. The Hall–Kier alpha value is -2.42. The normalized spacial score (nSPS) is 17.2. The topological polar surface area (TPSA) is 82.1 Å². The standard InChI is InChI=1S/C18H19N5O2S/c1-12-2-3-16(26-12)17-14(15-10-19-4-5-20-15)9-22-18(23-17)21-8-13-11-24-6-7-25-13/h2-5,9-10,13H,6-8,11H2,1H3,(H,21,22,23)/t13-/m1/s1. The average Bonchev–Trinajstić information content (AvgIpc) is 3.14. The van der Waals surface area contributed by atoms with E-state index in [1.807, 2.05) is 0 Å². The second kappa shape index (κ2) is 7.86. The number of nitrogens with one attached hydrogen (secondary N) is 1. The fraction of sp³-hybridized carbons (Fsp3) is 0.333. The lowest BCUT2D eigenvalue weighted by molar-refractivity contribution is -0.0819. The highest BCUT2D eigenvalue weighted by Crippen LogP contribution is 2.33. The molecule has 3 aromatic heterocycles. The molecule has 4 rings (SSSR count). The van der Waals surface area contributed by atoms with Crippen LogP contribution in [0.3, 0.4) is 0 Å². The van der Waals surface area contributed by atoms with Crippen molar-refractivity contribution in [3.63, 3.8) is 0 Å². The smallest absolute Gasteiger partial charge is 0.223 e. The van der Waals surface area contributed by atoms with Gasteiger partial charge >= 0.3 is 0 Å². The number of nitrogens with zero attached hydrogens (tertiary/aromatic N) is 4. The van der Waals surface area contributed by atoms with Crippen molar-refractivity contribution in [2.45, 2.75) is 13.0 Å². The van der Waals surface area contributed by atoms with Gasteiger partial charge in [0.2, 0.25) is 5.95 Å². The van der Waals surface area contributed by atoms with E-state index in [1.54, 1.807) is 36.1 Å². The van der Waals surface area contributed by atoms with Gasteiger partial charge in [0.1, 0.15) is 0 Å². The SMILES string of the molecule is Cc1ccc(-c2nc(NC[C@@H]3COCCO3)ncc2-c2cnccn2)s1. The van der Waals surface area contributed by atoms with Gasteiger partial charge in [0.15, 0.2) is 0 Å². The minimum atomic E-state index is 0.0134. The Kier molecular flexibility index (Phi) is 5.14. The van der Waals surface area contributed by atoms with Crippen LogP contribution in [0.25, 0.3) is 21.8 Å². The lowest BCUT2D eigenvalue weighted by atomic mass is 10.1. The summed E-state index contributed by atoms with van der Waals surface area (Å²) in [6.45, 7) is 4.55. The highest BCUT2D eigenvalue weighted by Gasteiger charge is 2.17. The van der Waals surface area contributed by atoms with Gasteiger partial charge in [0, 0.05) is 35.6 Å². The zero-order chi connectivity index (χ0) is 17.8. The van der Waals surface area contributed by atoms with Gasteiger partial charge in [0.05, 0.1) is 48.4 Å². The van der Waals surface area contributed by atoms with Gasteiger partial charge in [-0.1, -0.05) is 0 Å². The molecule has 26 heavy (non-hydrogen) atoms. The first kappa shape index (κ1) is 17.0. The third-order valence-electron chi connectivity index (χ3n) is 3.97. The van der Waals surface area contributed by atoms with E-state index >= 15 is 0 Å². The van der Waals surface area contributed by atoms with E-state index in [-0.39, 0.29) is 6.10 Å². The van der Waals surface area contributed by atoms with Crippen molar-refractivity contribution in [2.75, 3.05) is 31.7 Å². The molecule has 0 unspecified atom stereocenters. The van der Waals surface area contributed by atoms with Crippen LogP contribution in [0.15, 0.2) is 36.9 Å². The third-order valence-corrected chi connectivity index (χ3v) is 4.98. The van der Waals surface area contributed by atoms with Gasteiger partial charge in [-0.15, -0.1) is 11.3 Å². The van der Waals surface area contributed by atoms with E-state index in [4.69, 9.17) is 14.5 Å². The molecule has 134 valence electrons. The van der Waals surface area contributed by atoms with Crippen LogP contribution in [-0.4, -0.2) is 52.4 Å². The third kappa shape index (κ3) is 3.87. The van der Waals surface area contributed by atoms with Gasteiger partial charge in [-0.25, -0.2) is 9.97 Å². The quantitative estimate of drug-likeness (QED) is 0.740. The minimum absolute atomic E-state index is 0.0134. The van der Waals surface area contributed by atoms with E-state index < -0.39 is 0 Å². The second-order valence-corrected chi connectivity index (χ2v) is 7.19. The van der Waals surface area contributed by atoms with Crippen LogP contribution in [0.5, 0.6) is 0 Å². The van der Waals surface area contributed by atoms with Crippen molar-refractivity contribution in [2.24, 2.45) is 0 Å². The molecule has 4 heterocycles. The summed E-state index contributed by atoms with van der Waals surface area (Å²) in [5.41, 5.74) is 2.47. The number of hydrogen-bond donors (Lipinski definition) is 1. The number of ether oxygens (including phenoxy) is 2. The van der Waals surface area contributed by atoms with E-state index in [0.29, 0.717) is 32.3 Å². The maximum Gasteiger partial charge on any atom is 0.223 e. The number of aromatic nitrogens is 4. The highest BCUT2D eigenvalue weighted by atomic mass is 32.1. The molecule has 0 saturated carbocycles. The van der Waals surface area contributed by atoms with Gasteiger partial charge < -0.3 is 14.8 Å². The molecule has 1 atom stereocenters. The lowest BCUT2D eigenvalue weighted by Gasteiger charge is -2.23. The molecular weight excluding hydrogens is 350 g/mol. The number of rotatable bonds is 5. The van der Waals surface area contributed by atoms with E-state index in [2.05, 4.69) is 39.3 Å². The molecule has 0 aromatic carbocycles. The highest BCUT2D eigenvalue weighted by molar-refractivity contribution is 7.15. The summed E-state index contributed by atoms with van der Waals surface area (Å²) >= 11 is 1.69. The Bertz CT molecular complexity index is 865. The van der Waals surface area contributed by atoms with Gasteiger partial charge in [-0.2, -0.15) is 0 Å². The largest absolute Gasteiger partial charge is 0.376 e. The molecular formula is C18H19N5O2S. The van der Waals surface area contributed by atoms with Crippen LogP contribution < -0.4 is 5.32 Å². The number of thiophene rings is 1. The average molecular weight is 369 g/mol. The minimum Gasteiger partial charge on any atom is -0.376 e. The summed E-state index contributed by atoms with van der Waals surface area (Å²) in [5, 5.41) is 3.25. The molecule has 7 nitrogen and oxygen atoms in total. The molecule has 1 aliphatic heterocycles. The van der Waals surface area contributed by atoms with Crippen molar-refractivity contribution < 1.29 is 9.47 Å². The monoisotopic (exact) mass is 369 g/mol. The molecule has 1 aliphatic rings. The van der Waals surface area contributed by atoms with Crippen molar-refractivity contribution in [3.8, 4) is 21.8 Å². The first-order chi connectivity index (χ1) is 12.8. The van der Waals surface area contributed by atoms with Crippen LogP contribution >= 0.6 is 11.3 Å². The van der Waals surface area contributed by atoms with Gasteiger partial charge in [-0.05, 0) is 19.1 Å². The zero-order valence-electron chi connectivity index (χ0n) is 14.4. The van der Waals surface area contributed by atoms with Crippen LogP contribution in [0.4, 0.5) is 5.95 Å². The van der Waals surface area contributed by atoms with Crippen LogP contribution in [0, 0.1) is 6.92 Å². The summed E-state index contributed by atoms with van der Waals surface area (Å²) in [7, 11) is 0. The van der Waals surface area contributed by atoms with Crippen LogP contribution in [-0.2, 0) is 9.47 Å². The fourth-order valence-electron chi connectivity index (χ4n) is 2.70. The van der Waals surface area contributed by atoms with Crippen molar-refractivity contribution >= 4 is 17.3 Å². The predicted octanol–water partition coefficient (Wildman–Crippen LogP) is 2.80. The lowest BCUT2D eigenvalue weighted by Crippen LogP contribution is -2.34. The molecule has 1 N–H and O–H groups in total. The summed E-state index contributed by atoms with van der Waals surface area (Å²) in [5.74, 6) is 0.563. The first-order valence-electron chi connectivity index (χ1n) is 8.43. The summed E-state index contributed by atoms with van der Waals surface area (Å²) in [6.07, 6.45) is 6.86. The molecule has 3 aromatic rings. The van der Waals surface area contributed by atoms with Crippen LogP contribution in [0.2, 0.25) is 0 Å². The first-order valence-corrected chi connectivity index (χ1v) is 9.25. The Morgan fingerprint density at radius 3 is 2.88 bits per heavy atom. The summed E-state index contributed by atoms with van der Waals surface area (Å²) in [6, 6.07) is 4.16. The Morgan fingerprint density at radius 1 is 1.19 bits per heavy atom. The van der Waals surface area contributed by atoms with Gasteiger partial charge in [-0.3, -0.25) is 9.97 Å². The molecule has 0 radical (unpaired) electrons. The fourth-order valence-corrected chi connectivity index (χ4v) is 3.57.